The lowest BCUT2D eigenvalue weighted by Crippen LogP contribution is -2.14. The first kappa shape index (κ1) is 22.6. The highest BCUT2D eigenvalue weighted by atomic mass is 79.9. The Hall–Kier alpha value is -3.07. The fourth-order valence-corrected chi connectivity index (χ4v) is 3.43. The molecule has 3 rings (SSSR count). The van der Waals surface area contributed by atoms with E-state index < -0.39 is 5.91 Å². The van der Waals surface area contributed by atoms with Gasteiger partial charge in [-0.15, -0.1) is 0 Å². The summed E-state index contributed by atoms with van der Waals surface area (Å²) >= 11 is 9.75. The molecule has 0 spiro atoms. The lowest BCUT2D eigenvalue weighted by molar-refractivity contribution is -0.112. The third kappa shape index (κ3) is 6.21. The number of nitriles is 1. The summed E-state index contributed by atoms with van der Waals surface area (Å²) in [7, 11) is 0. The van der Waals surface area contributed by atoms with Crippen molar-refractivity contribution < 1.29 is 9.53 Å². The number of amides is 1. The Morgan fingerprint density at radius 2 is 1.90 bits per heavy atom. The van der Waals surface area contributed by atoms with Gasteiger partial charge in [-0.2, -0.15) is 5.26 Å². The first-order valence-electron chi connectivity index (χ1n) is 9.68. The quantitative estimate of drug-likeness (QED) is 0.290. The number of anilines is 1. The highest BCUT2D eigenvalue weighted by Crippen LogP contribution is 2.27. The number of carbonyl (C=O) groups excluding carboxylic acids is 1. The molecule has 0 saturated carbocycles. The average molecular weight is 496 g/mol. The Labute approximate surface area is 195 Å². The molecule has 0 heterocycles. The minimum atomic E-state index is -0.463. The van der Waals surface area contributed by atoms with E-state index in [1.54, 1.807) is 18.2 Å². The van der Waals surface area contributed by atoms with Crippen molar-refractivity contribution in [2.75, 3.05) is 5.32 Å². The first-order valence-corrected chi connectivity index (χ1v) is 10.8. The van der Waals surface area contributed by atoms with Gasteiger partial charge >= 0.3 is 0 Å². The van der Waals surface area contributed by atoms with Crippen LogP contribution in [0.1, 0.15) is 23.6 Å². The largest absolute Gasteiger partial charge is 0.487 e. The lowest BCUT2D eigenvalue weighted by Gasteiger charge is -2.10. The molecule has 6 heteroatoms. The van der Waals surface area contributed by atoms with Crippen LogP contribution >= 0.6 is 27.5 Å². The maximum absolute atomic E-state index is 12.6. The van der Waals surface area contributed by atoms with Gasteiger partial charge in [0.2, 0.25) is 0 Å². The Kier molecular flexibility index (Phi) is 7.88. The molecule has 156 valence electrons. The molecule has 0 aliphatic heterocycles. The van der Waals surface area contributed by atoms with E-state index >= 15 is 0 Å². The van der Waals surface area contributed by atoms with E-state index in [4.69, 9.17) is 16.3 Å². The normalized spacial score (nSPS) is 11.0. The summed E-state index contributed by atoms with van der Waals surface area (Å²) in [5.41, 5.74) is 3.34. The molecule has 0 unspecified atom stereocenters. The number of hydrogen-bond donors (Lipinski definition) is 1. The van der Waals surface area contributed by atoms with Gasteiger partial charge < -0.3 is 10.1 Å². The monoisotopic (exact) mass is 494 g/mol. The van der Waals surface area contributed by atoms with Crippen LogP contribution in [-0.2, 0) is 17.8 Å². The number of hydrogen-bond acceptors (Lipinski definition) is 3. The van der Waals surface area contributed by atoms with Crippen molar-refractivity contribution in [1.82, 2.24) is 0 Å². The second-order valence-electron chi connectivity index (χ2n) is 6.74. The first-order chi connectivity index (χ1) is 15.0. The zero-order valence-electron chi connectivity index (χ0n) is 16.9. The van der Waals surface area contributed by atoms with Crippen LogP contribution < -0.4 is 10.1 Å². The van der Waals surface area contributed by atoms with E-state index in [2.05, 4.69) is 21.2 Å². The number of carbonyl (C=O) groups is 1. The van der Waals surface area contributed by atoms with E-state index in [9.17, 15) is 10.1 Å². The number of nitrogens with zero attached hydrogens (tertiary/aromatic N) is 1. The summed E-state index contributed by atoms with van der Waals surface area (Å²) in [6.45, 7) is 2.39. The molecule has 4 nitrogen and oxygen atoms in total. The lowest BCUT2D eigenvalue weighted by atomic mass is 10.1. The topological polar surface area (TPSA) is 62.1 Å². The molecular weight excluding hydrogens is 476 g/mol. The second kappa shape index (κ2) is 10.8. The molecule has 0 fully saturated rings. The summed E-state index contributed by atoms with van der Waals surface area (Å²) in [5, 5.41) is 12.7. The third-order valence-electron chi connectivity index (χ3n) is 4.59. The number of nitrogens with one attached hydrogen (secondary N) is 1. The van der Waals surface area contributed by atoms with E-state index in [1.807, 2.05) is 61.5 Å². The van der Waals surface area contributed by atoms with Crippen LogP contribution in [0.5, 0.6) is 5.75 Å². The minimum absolute atomic E-state index is 0.00879. The van der Waals surface area contributed by atoms with E-state index in [-0.39, 0.29) is 5.57 Å². The van der Waals surface area contributed by atoms with E-state index in [0.29, 0.717) is 28.6 Å². The maximum atomic E-state index is 12.6. The van der Waals surface area contributed by atoms with Crippen molar-refractivity contribution in [2.45, 2.75) is 20.0 Å². The molecule has 0 atom stereocenters. The molecule has 0 saturated heterocycles. The van der Waals surface area contributed by atoms with Crippen LogP contribution in [0.25, 0.3) is 6.08 Å². The summed E-state index contributed by atoms with van der Waals surface area (Å²) < 4.78 is 6.79. The molecule has 0 aromatic heterocycles. The van der Waals surface area contributed by atoms with Crippen LogP contribution in [-0.4, -0.2) is 5.91 Å². The predicted molar refractivity (Wildman–Crippen MR) is 128 cm³/mol. The highest BCUT2D eigenvalue weighted by Gasteiger charge is 2.12. The molecule has 3 aromatic rings. The van der Waals surface area contributed by atoms with E-state index in [0.717, 1.165) is 22.0 Å². The van der Waals surface area contributed by atoms with Crippen molar-refractivity contribution in [1.29, 1.82) is 5.26 Å². The minimum Gasteiger partial charge on any atom is -0.487 e. The summed E-state index contributed by atoms with van der Waals surface area (Å²) in [6, 6.07) is 22.5. The molecule has 0 bridgehead atoms. The molecular formula is C25H20BrClN2O2. The third-order valence-corrected chi connectivity index (χ3v) is 5.41. The van der Waals surface area contributed by atoms with Gasteiger partial charge in [0, 0.05) is 10.2 Å². The van der Waals surface area contributed by atoms with Gasteiger partial charge in [0.05, 0.1) is 5.02 Å². The fraction of sp³-hybridized carbons (Fsp3) is 0.120. The summed E-state index contributed by atoms with van der Waals surface area (Å²) in [5.74, 6) is 0.0663. The molecule has 3 aromatic carbocycles. The number of benzene rings is 3. The molecule has 1 N–H and O–H groups in total. The molecule has 0 aliphatic rings. The van der Waals surface area contributed by atoms with Gasteiger partial charge in [-0.25, -0.2) is 0 Å². The van der Waals surface area contributed by atoms with Gasteiger partial charge in [0.15, 0.2) is 0 Å². The Bertz CT molecular complexity index is 1150. The Morgan fingerprint density at radius 3 is 2.58 bits per heavy atom. The van der Waals surface area contributed by atoms with Crippen molar-refractivity contribution in [3.8, 4) is 11.8 Å². The summed E-state index contributed by atoms with van der Waals surface area (Å²) in [6.07, 6.45) is 2.29. The number of halogens is 2. The van der Waals surface area contributed by atoms with Crippen LogP contribution in [0.2, 0.25) is 5.02 Å². The van der Waals surface area contributed by atoms with Crippen LogP contribution in [0.4, 0.5) is 5.69 Å². The second-order valence-corrected chi connectivity index (χ2v) is 8.06. The number of ether oxygens (including phenoxy) is 1. The standard InChI is InChI=1S/C25H20BrClN2O2/c1-2-19-5-3-4-6-23(19)29-25(30)20(15-28)13-18-9-12-24(22(27)14-18)31-16-17-7-10-21(26)11-8-17/h3-14H,2,16H2,1H3,(H,29,30)/b20-13+. The van der Waals surface area contributed by atoms with Crippen molar-refractivity contribution >= 4 is 45.2 Å². The zero-order chi connectivity index (χ0) is 22.2. The van der Waals surface area contributed by atoms with Crippen molar-refractivity contribution in [3.05, 3.63) is 98.5 Å². The smallest absolute Gasteiger partial charge is 0.266 e. The van der Waals surface area contributed by atoms with Gasteiger partial charge in [-0.1, -0.05) is 70.9 Å². The number of aryl methyl sites for hydroxylation is 1. The average Bonchev–Trinajstić information content (AvgIpc) is 2.78. The fourth-order valence-electron chi connectivity index (χ4n) is 2.92. The summed E-state index contributed by atoms with van der Waals surface area (Å²) in [4.78, 5) is 12.6. The highest BCUT2D eigenvalue weighted by molar-refractivity contribution is 9.10. The van der Waals surface area contributed by atoms with E-state index in [1.165, 1.54) is 6.08 Å². The van der Waals surface area contributed by atoms with Crippen molar-refractivity contribution in [3.63, 3.8) is 0 Å². The Morgan fingerprint density at radius 1 is 1.16 bits per heavy atom. The van der Waals surface area contributed by atoms with Crippen LogP contribution in [0, 0.1) is 11.3 Å². The molecule has 31 heavy (non-hydrogen) atoms. The zero-order valence-corrected chi connectivity index (χ0v) is 19.2. The van der Waals surface area contributed by atoms with Crippen LogP contribution in [0.3, 0.4) is 0 Å². The maximum Gasteiger partial charge on any atom is 0.266 e. The molecule has 0 aliphatic carbocycles. The Balaban J connectivity index is 1.72. The van der Waals surface area contributed by atoms with Gasteiger partial charge in [0.1, 0.15) is 24.0 Å². The van der Waals surface area contributed by atoms with Crippen molar-refractivity contribution in [2.24, 2.45) is 0 Å². The number of rotatable bonds is 7. The van der Waals surface area contributed by atoms with Gasteiger partial charge in [0.25, 0.3) is 5.91 Å². The van der Waals surface area contributed by atoms with Gasteiger partial charge in [-0.05, 0) is 59.5 Å². The molecule has 0 radical (unpaired) electrons. The molecule has 1 amide bonds. The SMILES string of the molecule is CCc1ccccc1NC(=O)/C(C#N)=C/c1ccc(OCc2ccc(Br)cc2)c(Cl)c1. The predicted octanol–water partition coefficient (Wildman–Crippen LogP) is 6.79. The van der Waals surface area contributed by atoms with Gasteiger partial charge in [-0.3, -0.25) is 4.79 Å². The number of para-hydroxylation sites is 1. The van der Waals surface area contributed by atoms with Crippen LogP contribution in [0.15, 0.2) is 76.8 Å².